The molecule has 1 saturated carbocycles. The number of aromatic nitrogens is 5. The summed E-state index contributed by atoms with van der Waals surface area (Å²) in [7, 11) is 0. The molecule has 3 heterocycles. The van der Waals surface area contributed by atoms with Crippen LogP contribution in [0.1, 0.15) is 55.1 Å². The van der Waals surface area contributed by atoms with Crippen molar-refractivity contribution >= 4 is 11.3 Å². The normalized spacial score (nSPS) is 15.2. The molecule has 0 bridgehead atoms. The number of hydrogen-bond acceptors (Lipinski definition) is 7. The van der Waals surface area contributed by atoms with E-state index in [2.05, 4.69) is 35.6 Å². The van der Waals surface area contributed by atoms with E-state index in [1.54, 1.807) is 29.9 Å². The van der Waals surface area contributed by atoms with E-state index in [0.29, 0.717) is 12.5 Å². The Hall–Kier alpha value is -2.25. The Kier molecular flexibility index (Phi) is 5.56. The molecule has 134 valence electrons. The molecule has 0 amide bonds. The SMILES string of the molecule is c1cnc(-c2nc(CNCc3cnc(C4CCCCC4)nc3)cs2)cn1. The molecular weight excluding hydrogens is 344 g/mol. The number of nitrogens with zero attached hydrogens (tertiary/aromatic N) is 5. The standard InChI is InChI=1S/C19H22N6S/c1-2-4-15(5-3-1)18-23-9-14(10-24-18)8-21-11-16-13-26-19(25-16)17-12-20-6-7-22-17/h6-7,9-10,12-13,15,21H,1-5,8,11H2. The summed E-state index contributed by atoms with van der Waals surface area (Å²) < 4.78 is 0. The summed E-state index contributed by atoms with van der Waals surface area (Å²) in [5.74, 6) is 1.57. The molecule has 1 fully saturated rings. The third-order valence-electron chi connectivity index (χ3n) is 4.66. The van der Waals surface area contributed by atoms with Crippen LogP contribution in [0.2, 0.25) is 0 Å². The van der Waals surface area contributed by atoms with Crippen molar-refractivity contribution in [2.75, 3.05) is 0 Å². The van der Waals surface area contributed by atoms with Crippen molar-refractivity contribution < 1.29 is 0 Å². The Labute approximate surface area is 157 Å². The van der Waals surface area contributed by atoms with Gasteiger partial charge in [-0.1, -0.05) is 19.3 Å². The largest absolute Gasteiger partial charge is 0.307 e. The minimum atomic E-state index is 0.556. The van der Waals surface area contributed by atoms with Gasteiger partial charge in [0.1, 0.15) is 16.5 Å². The van der Waals surface area contributed by atoms with Gasteiger partial charge >= 0.3 is 0 Å². The summed E-state index contributed by atoms with van der Waals surface area (Å²) in [5, 5.41) is 6.36. The Bertz CT molecular complexity index is 812. The predicted octanol–water partition coefficient (Wildman–Crippen LogP) is 3.73. The zero-order valence-electron chi connectivity index (χ0n) is 14.6. The Balaban J connectivity index is 1.29. The van der Waals surface area contributed by atoms with Crippen LogP contribution in [0.4, 0.5) is 0 Å². The van der Waals surface area contributed by atoms with E-state index < -0.39 is 0 Å². The molecule has 0 spiro atoms. The lowest BCUT2D eigenvalue weighted by molar-refractivity contribution is 0.428. The van der Waals surface area contributed by atoms with Gasteiger partial charge in [0.25, 0.3) is 0 Å². The molecule has 1 aliphatic rings. The van der Waals surface area contributed by atoms with Crippen molar-refractivity contribution in [1.29, 1.82) is 0 Å². The van der Waals surface area contributed by atoms with E-state index in [-0.39, 0.29) is 0 Å². The summed E-state index contributed by atoms with van der Waals surface area (Å²) >= 11 is 1.59. The van der Waals surface area contributed by atoms with Crippen LogP contribution in [0.3, 0.4) is 0 Å². The van der Waals surface area contributed by atoms with E-state index in [1.165, 1.54) is 32.1 Å². The smallest absolute Gasteiger partial charge is 0.143 e. The maximum Gasteiger partial charge on any atom is 0.143 e. The van der Waals surface area contributed by atoms with Gasteiger partial charge in [-0.05, 0) is 12.8 Å². The minimum Gasteiger partial charge on any atom is -0.307 e. The summed E-state index contributed by atoms with van der Waals surface area (Å²) in [6, 6.07) is 0. The van der Waals surface area contributed by atoms with E-state index in [4.69, 9.17) is 0 Å². The van der Waals surface area contributed by atoms with Crippen LogP contribution in [0.15, 0.2) is 36.4 Å². The number of rotatable bonds is 6. The zero-order valence-corrected chi connectivity index (χ0v) is 15.5. The average molecular weight is 366 g/mol. The third-order valence-corrected chi connectivity index (χ3v) is 5.58. The van der Waals surface area contributed by atoms with Gasteiger partial charge < -0.3 is 5.32 Å². The van der Waals surface area contributed by atoms with E-state index in [0.717, 1.165) is 34.3 Å². The molecule has 4 rings (SSSR count). The lowest BCUT2D eigenvalue weighted by Gasteiger charge is -2.20. The molecule has 1 N–H and O–H groups in total. The molecule has 0 unspecified atom stereocenters. The molecule has 0 radical (unpaired) electrons. The summed E-state index contributed by atoms with van der Waals surface area (Å²) in [6.07, 6.45) is 15.4. The fourth-order valence-electron chi connectivity index (χ4n) is 3.28. The Morgan fingerprint density at radius 3 is 2.58 bits per heavy atom. The molecule has 0 aliphatic heterocycles. The first-order valence-electron chi connectivity index (χ1n) is 9.11. The van der Waals surface area contributed by atoms with Crippen LogP contribution in [0.5, 0.6) is 0 Å². The van der Waals surface area contributed by atoms with Crippen LogP contribution >= 0.6 is 11.3 Å². The van der Waals surface area contributed by atoms with Gasteiger partial charge in [0.2, 0.25) is 0 Å². The van der Waals surface area contributed by atoms with Crippen LogP contribution < -0.4 is 5.32 Å². The highest BCUT2D eigenvalue weighted by molar-refractivity contribution is 7.13. The van der Waals surface area contributed by atoms with Gasteiger partial charge in [-0.25, -0.2) is 15.0 Å². The van der Waals surface area contributed by atoms with Gasteiger partial charge in [-0.15, -0.1) is 11.3 Å². The maximum atomic E-state index is 4.61. The van der Waals surface area contributed by atoms with Gasteiger partial charge in [0.15, 0.2) is 0 Å². The molecule has 0 saturated heterocycles. The molecule has 26 heavy (non-hydrogen) atoms. The zero-order chi connectivity index (χ0) is 17.6. The molecule has 0 aromatic carbocycles. The van der Waals surface area contributed by atoms with Crippen molar-refractivity contribution in [3.05, 3.63) is 53.4 Å². The second kappa shape index (κ2) is 8.42. The molecule has 0 atom stereocenters. The van der Waals surface area contributed by atoms with Crippen LogP contribution in [0.25, 0.3) is 10.7 Å². The molecule has 6 nitrogen and oxygen atoms in total. The average Bonchev–Trinajstić information content (AvgIpc) is 3.19. The monoisotopic (exact) mass is 366 g/mol. The Morgan fingerprint density at radius 2 is 1.81 bits per heavy atom. The lowest BCUT2D eigenvalue weighted by atomic mass is 9.89. The van der Waals surface area contributed by atoms with Crippen LogP contribution in [0, 0.1) is 0 Å². The first-order chi connectivity index (χ1) is 12.9. The predicted molar refractivity (Wildman–Crippen MR) is 102 cm³/mol. The quantitative estimate of drug-likeness (QED) is 0.716. The van der Waals surface area contributed by atoms with Crippen molar-refractivity contribution in [2.24, 2.45) is 0 Å². The van der Waals surface area contributed by atoms with Gasteiger partial charge in [-0.3, -0.25) is 9.97 Å². The number of hydrogen-bond donors (Lipinski definition) is 1. The highest BCUT2D eigenvalue weighted by Crippen LogP contribution is 2.30. The van der Waals surface area contributed by atoms with Crippen molar-refractivity contribution in [3.8, 4) is 10.7 Å². The van der Waals surface area contributed by atoms with Gasteiger partial charge in [-0.2, -0.15) is 0 Å². The molecular formula is C19H22N6S. The molecule has 3 aromatic heterocycles. The lowest BCUT2D eigenvalue weighted by Crippen LogP contribution is -2.14. The first kappa shape index (κ1) is 17.2. The van der Waals surface area contributed by atoms with E-state index in [1.807, 2.05) is 12.4 Å². The van der Waals surface area contributed by atoms with Crippen molar-refractivity contribution in [1.82, 2.24) is 30.2 Å². The second-order valence-electron chi connectivity index (χ2n) is 6.62. The van der Waals surface area contributed by atoms with Gasteiger partial charge in [0.05, 0.1) is 11.9 Å². The van der Waals surface area contributed by atoms with Gasteiger partial charge in [0, 0.05) is 54.7 Å². The van der Waals surface area contributed by atoms with Crippen molar-refractivity contribution in [2.45, 2.75) is 51.1 Å². The fourth-order valence-corrected chi connectivity index (χ4v) is 4.06. The minimum absolute atomic E-state index is 0.556. The fraction of sp³-hybridized carbons (Fsp3) is 0.421. The maximum absolute atomic E-state index is 4.61. The second-order valence-corrected chi connectivity index (χ2v) is 7.48. The summed E-state index contributed by atoms with van der Waals surface area (Å²) in [6.45, 7) is 1.45. The highest BCUT2D eigenvalue weighted by atomic mass is 32.1. The third kappa shape index (κ3) is 4.28. The number of thiazole rings is 1. The van der Waals surface area contributed by atoms with E-state index in [9.17, 15) is 0 Å². The van der Waals surface area contributed by atoms with E-state index >= 15 is 0 Å². The topological polar surface area (TPSA) is 76.5 Å². The van der Waals surface area contributed by atoms with Crippen LogP contribution in [-0.4, -0.2) is 24.9 Å². The summed E-state index contributed by atoms with van der Waals surface area (Å²) in [5.41, 5.74) is 2.93. The van der Waals surface area contributed by atoms with Crippen LogP contribution in [-0.2, 0) is 13.1 Å². The molecule has 7 heteroatoms. The molecule has 1 aliphatic carbocycles. The highest BCUT2D eigenvalue weighted by Gasteiger charge is 2.17. The van der Waals surface area contributed by atoms with Crippen molar-refractivity contribution in [3.63, 3.8) is 0 Å². The first-order valence-corrected chi connectivity index (χ1v) is 9.99. The molecule has 3 aromatic rings. The number of nitrogens with one attached hydrogen (secondary N) is 1. The summed E-state index contributed by atoms with van der Waals surface area (Å²) in [4.78, 5) is 22.2. The Morgan fingerprint density at radius 1 is 0.962 bits per heavy atom.